The van der Waals surface area contributed by atoms with Crippen LogP contribution in [0.3, 0.4) is 0 Å². The molecule has 0 aliphatic carbocycles. The molecule has 178 valence electrons. The van der Waals surface area contributed by atoms with Crippen LogP contribution in [0.2, 0.25) is 0 Å². The first-order valence-corrected chi connectivity index (χ1v) is 11.1. The van der Waals surface area contributed by atoms with Crippen LogP contribution in [-0.2, 0) is 14.4 Å². The van der Waals surface area contributed by atoms with Crippen molar-refractivity contribution in [1.29, 1.82) is 0 Å². The first kappa shape index (κ1) is 26.1. The van der Waals surface area contributed by atoms with E-state index in [9.17, 15) is 24.6 Å². The van der Waals surface area contributed by atoms with Crippen LogP contribution in [0.25, 0.3) is 0 Å². The molecule has 0 spiro atoms. The van der Waals surface area contributed by atoms with Crippen molar-refractivity contribution >= 4 is 41.3 Å². The number of carboxylic acid groups (broad SMARTS) is 1. The summed E-state index contributed by atoms with van der Waals surface area (Å²) in [5.41, 5.74) is 6.99. The van der Waals surface area contributed by atoms with Gasteiger partial charge in [-0.3, -0.25) is 14.5 Å². The number of thioether (sulfide) groups is 2. The van der Waals surface area contributed by atoms with Crippen LogP contribution in [0.1, 0.15) is 11.6 Å². The zero-order valence-electron chi connectivity index (χ0n) is 16.9. The summed E-state index contributed by atoms with van der Waals surface area (Å²) in [5, 5.41) is 31.9. The summed E-state index contributed by atoms with van der Waals surface area (Å²) >= 11 is 2.70. The van der Waals surface area contributed by atoms with Crippen molar-refractivity contribution in [2.45, 2.75) is 22.5 Å². The Morgan fingerprint density at radius 3 is 2.64 bits per heavy atom. The first-order valence-electron chi connectivity index (χ1n) is 9.10. The van der Waals surface area contributed by atoms with Gasteiger partial charge in [0.05, 0.1) is 6.20 Å². The number of carbonyl (C=O) groups is 3. The predicted octanol–water partition coefficient (Wildman–Crippen LogP) is -1.61. The Balaban J connectivity index is 0.00000193. The molecule has 1 aromatic carbocycles. The summed E-state index contributed by atoms with van der Waals surface area (Å²) in [5.74, 6) is -1.45. The molecule has 0 radical (unpaired) electrons. The number of phenolic OH excluding ortho intramolecular Hbond substituents is 1. The van der Waals surface area contributed by atoms with E-state index in [1.54, 1.807) is 0 Å². The number of nitrogens with two attached hydrogens (primary N) is 1. The SMILES string of the molecule is NC(C(=O)NC1C(=O)N2C(C(=O)O)=C(CSc3cn[nH]n3)CS[C@@H]12)c1ccc(O)cc1.O.O. The van der Waals surface area contributed by atoms with Crippen molar-refractivity contribution in [3.05, 3.63) is 47.3 Å². The lowest BCUT2D eigenvalue weighted by atomic mass is 10.0. The number of benzene rings is 1. The number of nitrogens with one attached hydrogen (secondary N) is 2. The third-order valence-electron chi connectivity index (χ3n) is 4.87. The zero-order valence-corrected chi connectivity index (χ0v) is 18.5. The van der Waals surface area contributed by atoms with Crippen LogP contribution in [0, 0.1) is 0 Å². The number of nitrogens with zero attached hydrogens (tertiary/aromatic N) is 3. The fraction of sp³-hybridized carbons (Fsp3) is 0.278. The Hall–Kier alpha value is -3.11. The molecular formula is C18H22N6O7S2. The number of β-lactam (4-membered cyclic amide) rings is 1. The smallest absolute Gasteiger partial charge is 0.352 e. The fourth-order valence-corrected chi connectivity index (χ4v) is 5.56. The molecule has 15 heteroatoms. The quantitative estimate of drug-likeness (QED) is 0.216. The van der Waals surface area contributed by atoms with Gasteiger partial charge in [-0.1, -0.05) is 23.9 Å². The van der Waals surface area contributed by atoms with Crippen LogP contribution in [-0.4, -0.2) is 82.2 Å². The number of hydrogen-bond donors (Lipinski definition) is 5. The average Bonchev–Trinajstić information content (AvgIpc) is 3.28. The van der Waals surface area contributed by atoms with E-state index in [1.165, 1.54) is 58.9 Å². The number of aromatic hydroxyl groups is 1. The van der Waals surface area contributed by atoms with Crippen LogP contribution in [0.4, 0.5) is 0 Å². The van der Waals surface area contributed by atoms with E-state index in [1.807, 2.05) is 0 Å². The second-order valence-corrected chi connectivity index (χ2v) is 8.92. The lowest BCUT2D eigenvalue weighted by Crippen LogP contribution is -2.71. The molecule has 3 atom stereocenters. The van der Waals surface area contributed by atoms with Crippen molar-refractivity contribution in [1.82, 2.24) is 25.6 Å². The zero-order chi connectivity index (χ0) is 22.1. The number of aliphatic carboxylic acids is 1. The number of fused-ring (bicyclic) bond motifs is 1. The predicted molar refractivity (Wildman–Crippen MR) is 119 cm³/mol. The molecule has 0 bridgehead atoms. The van der Waals surface area contributed by atoms with Crippen molar-refractivity contribution in [2.75, 3.05) is 11.5 Å². The molecule has 4 rings (SSSR count). The van der Waals surface area contributed by atoms with Gasteiger partial charge in [0.25, 0.3) is 5.91 Å². The molecule has 2 aliphatic rings. The maximum absolute atomic E-state index is 12.7. The molecule has 1 fully saturated rings. The van der Waals surface area contributed by atoms with Gasteiger partial charge in [0.1, 0.15) is 33.9 Å². The van der Waals surface area contributed by atoms with Gasteiger partial charge in [0.2, 0.25) is 5.91 Å². The van der Waals surface area contributed by atoms with Gasteiger partial charge < -0.3 is 32.2 Å². The Morgan fingerprint density at radius 2 is 2.03 bits per heavy atom. The van der Waals surface area contributed by atoms with E-state index in [0.717, 1.165) is 0 Å². The largest absolute Gasteiger partial charge is 0.508 e. The molecule has 33 heavy (non-hydrogen) atoms. The summed E-state index contributed by atoms with van der Waals surface area (Å²) in [6.07, 6.45) is 1.53. The van der Waals surface area contributed by atoms with Crippen molar-refractivity contribution in [3.63, 3.8) is 0 Å². The molecular weight excluding hydrogens is 476 g/mol. The van der Waals surface area contributed by atoms with Gasteiger partial charge >= 0.3 is 5.97 Å². The lowest BCUT2D eigenvalue weighted by molar-refractivity contribution is -0.150. The van der Waals surface area contributed by atoms with E-state index >= 15 is 0 Å². The number of aromatic nitrogens is 3. The molecule has 1 aromatic heterocycles. The van der Waals surface area contributed by atoms with Gasteiger partial charge in [0, 0.05) is 11.5 Å². The summed E-state index contributed by atoms with van der Waals surface area (Å²) in [4.78, 5) is 38.4. The van der Waals surface area contributed by atoms with Crippen LogP contribution in [0.15, 0.2) is 46.8 Å². The highest BCUT2D eigenvalue weighted by molar-refractivity contribution is 8.01. The minimum atomic E-state index is -1.19. The molecule has 1 saturated heterocycles. The summed E-state index contributed by atoms with van der Waals surface area (Å²) < 4.78 is 0. The minimum Gasteiger partial charge on any atom is -0.508 e. The number of rotatable bonds is 7. The highest BCUT2D eigenvalue weighted by atomic mass is 32.2. The lowest BCUT2D eigenvalue weighted by Gasteiger charge is -2.49. The number of hydrogen-bond acceptors (Lipinski definition) is 9. The number of H-pyrrole nitrogens is 1. The third kappa shape index (κ3) is 5.12. The topological polar surface area (TPSA) is 238 Å². The van der Waals surface area contributed by atoms with Crippen LogP contribution < -0.4 is 11.1 Å². The number of carboxylic acids is 1. The van der Waals surface area contributed by atoms with Crippen molar-refractivity contribution in [3.8, 4) is 5.75 Å². The Labute approximate surface area is 195 Å². The highest BCUT2D eigenvalue weighted by Gasteiger charge is 2.54. The molecule has 3 heterocycles. The minimum absolute atomic E-state index is 0. The van der Waals surface area contributed by atoms with Crippen molar-refractivity contribution < 1.29 is 35.5 Å². The number of amides is 2. The average molecular weight is 499 g/mol. The number of aromatic amines is 1. The molecule has 10 N–H and O–H groups in total. The van der Waals surface area contributed by atoms with E-state index in [4.69, 9.17) is 5.73 Å². The highest BCUT2D eigenvalue weighted by Crippen LogP contribution is 2.41. The fourth-order valence-electron chi connectivity index (χ4n) is 3.29. The second-order valence-electron chi connectivity index (χ2n) is 6.82. The second kappa shape index (κ2) is 10.7. The normalized spacial score (nSPS) is 20.0. The van der Waals surface area contributed by atoms with E-state index in [-0.39, 0.29) is 22.4 Å². The third-order valence-corrected chi connectivity index (χ3v) is 7.19. The van der Waals surface area contributed by atoms with Crippen LogP contribution >= 0.6 is 23.5 Å². The first-order chi connectivity index (χ1) is 14.9. The summed E-state index contributed by atoms with van der Waals surface area (Å²) in [6.45, 7) is 0. The van der Waals surface area contributed by atoms with Crippen molar-refractivity contribution in [2.24, 2.45) is 5.73 Å². The molecule has 2 amide bonds. The molecule has 2 aliphatic heterocycles. The maximum atomic E-state index is 12.7. The molecule has 0 saturated carbocycles. The number of carbonyl (C=O) groups excluding carboxylic acids is 2. The Morgan fingerprint density at radius 1 is 1.33 bits per heavy atom. The summed E-state index contributed by atoms with van der Waals surface area (Å²) in [7, 11) is 0. The van der Waals surface area contributed by atoms with Gasteiger partial charge in [0.15, 0.2) is 0 Å². The maximum Gasteiger partial charge on any atom is 0.352 e. The van der Waals surface area contributed by atoms with Gasteiger partial charge in [-0.2, -0.15) is 10.3 Å². The summed E-state index contributed by atoms with van der Waals surface area (Å²) in [6, 6.07) is 3.98. The monoisotopic (exact) mass is 498 g/mol. The van der Waals surface area contributed by atoms with Crippen LogP contribution in [0.5, 0.6) is 5.75 Å². The van der Waals surface area contributed by atoms with E-state index < -0.39 is 35.2 Å². The van der Waals surface area contributed by atoms with Gasteiger partial charge in [-0.15, -0.1) is 16.9 Å². The standard InChI is InChI=1S/C18H18N6O5S2.2H2O/c19-12(8-1-3-10(25)4-2-8)15(26)21-13-16(27)24-14(18(28)29)9(7-31-17(13)24)6-30-11-5-20-23-22-11;;/h1-5,12-13,17,25H,6-7,19H2,(H,21,26)(H,28,29)(H,20,22,23);2*1H2/t12?,13?,17-;;/m0../s1. The molecule has 2 unspecified atom stereocenters. The van der Waals surface area contributed by atoms with E-state index in [2.05, 4.69) is 20.7 Å². The van der Waals surface area contributed by atoms with Gasteiger partial charge in [-0.25, -0.2) is 4.79 Å². The molecule has 2 aromatic rings. The Kier molecular flexibility index (Phi) is 8.45. The molecule has 13 nitrogen and oxygen atoms in total. The number of phenols is 1. The van der Waals surface area contributed by atoms with E-state index in [0.29, 0.717) is 27.7 Å². The Bertz CT molecular complexity index is 1050. The van der Waals surface area contributed by atoms with Gasteiger partial charge in [-0.05, 0) is 23.3 Å².